The summed E-state index contributed by atoms with van der Waals surface area (Å²) in [6.45, 7) is 7.33. The Bertz CT molecular complexity index is 1350. The van der Waals surface area contributed by atoms with E-state index in [0.29, 0.717) is 24.6 Å². The van der Waals surface area contributed by atoms with Crippen molar-refractivity contribution < 1.29 is 4.79 Å². The van der Waals surface area contributed by atoms with Crippen LogP contribution in [0.1, 0.15) is 16.8 Å². The maximum Gasteiger partial charge on any atom is 0.321 e. The van der Waals surface area contributed by atoms with E-state index in [1.54, 1.807) is 17.4 Å². The number of nitrogens with one attached hydrogen (secondary N) is 1. The highest BCUT2D eigenvalue weighted by Crippen LogP contribution is 2.28. The monoisotopic (exact) mass is 480 g/mol. The highest BCUT2D eigenvalue weighted by Gasteiger charge is 2.22. The number of nitrogens with zero attached hydrogens (tertiary/aromatic N) is 5. The van der Waals surface area contributed by atoms with Crippen molar-refractivity contribution >= 4 is 39.4 Å². The first-order valence-electron chi connectivity index (χ1n) is 10.8. The van der Waals surface area contributed by atoms with E-state index in [-0.39, 0.29) is 11.6 Å². The summed E-state index contributed by atoms with van der Waals surface area (Å²) < 4.78 is 1.37. The number of piperazine rings is 1. The summed E-state index contributed by atoms with van der Waals surface area (Å²) in [6.07, 6.45) is 0. The molecule has 2 amide bonds. The van der Waals surface area contributed by atoms with Crippen LogP contribution in [-0.4, -0.2) is 56.6 Å². The second-order valence-corrected chi connectivity index (χ2v) is 10.0. The molecule has 1 aliphatic rings. The van der Waals surface area contributed by atoms with Crippen LogP contribution in [0.2, 0.25) is 0 Å². The zero-order valence-corrected chi connectivity index (χ0v) is 20.1. The van der Waals surface area contributed by atoms with E-state index >= 15 is 0 Å². The number of rotatable bonds is 4. The molecule has 33 heavy (non-hydrogen) atoms. The highest BCUT2D eigenvalue weighted by atomic mass is 32.1. The van der Waals surface area contributed by atoms with Gasteiger partial charge in [-0.2, -0.15) is 9.61 Å². The van der Waals surface area contributed by atoms with Crippen LogP contribution in [0.3, 0.4) is 0 Å². The molecule has 0 aliphatic carbocycles. The van der Waals surface area contributed by atoms with Gasteiger partial charge >= 0.3 is 6.03 Å². The number of carbonyl (C=O) groups excluding carboxylic acids is 1. The molecule has 1 aliphatic heterocycles. The quantitative estimate of drug-likeness (QED) is 0.480. The van der Waals surface area contributed by atoms with E-state index in [1.165, 1.54) is 15.9 Å². The molecule has 3 aromatic heterocycles. The third-order valence-corrected chi connectivity index (χ3v) is 7.87. The third kappa shape index (κ3) is 4.54. The van der Waals surface area contributed by atoms with Gasteiger partial charge in [0.05, 0.1) is 10.6 Å². The number of aromatic nitrogens is 3. The molecule has 10 heteroatoms. The Balaban J connectivity index is 1.22. The van der Waals surface area contributed by atoms with E-state index in [4.69, 9.17) is 0 Å². The molecule has 0 radical (unpaired) electrons. The molecule has 0 bridgehead atoms. The maximum absolute atomic E-state index is 12.7. The van der Waals surface area contributed by atoms with Crippen LogP contribution >= 0.6 is 22.7 Å². The molecule has 1 fully saturated rings. The SMILES string of the molecule is Cc1cccc(NC(=O)N2CCN(Cc3cc(=O)n4nc(-c5cccs5)sc4n3)CC2)c1C. The number of aryl methyl sites for hydroxylation is 1. The molecule has 170 valence electrons. The van der Waals surface area contributed by atoms with Crippen LogP contribution in [-0.2, 0) is 6.54 Å². The van der Waals surface area contributed by atoms with Gasteiger partial charge in [-0.3, -0.25) is 9.69 Å². The summed E-state index contributed by atoms with van der Waals surface area (Å²) in [5.41, 5.74) is 3.66. The number of thiophene rings is 1. The first kappa shape index (κ1) is 21.7. The molecule has 1 N–H and O–H groups in total. The molecule has 0 unspecified atom stereocenters. The molecule has 4 aromatic rings. The van der Waals surface area contributed by atoms with Crippen LogP contribution in [0.25, 0.3) is 14.8 Å². The van der Waals surface area contributed by atoms with Crippen molar-refractivity contribution in [2.75, 3.05) is 31.5 Å². The average Bonchev–Trinajstić information content (AvgIpc) is 3.47. The Kier molecular flexibility index (Phi) is 5.96. The first-order valence-corrected chi connectivity index (χ1v) is 12.5. The number of fused-ring (bicyclic) bond motifs is 1. The first-order chi connectivity index (χ1) is 16.0. The number of hydrogen-bond acceptors (Lipinski definition) is 7. The topological polar surface area (TPSA) is 82.8 Å². The van der Waals surface area contributed by atoms with Gasteiger partial charge in [0.2, 0.25) is 4.96 Å². The summed E-state index contributed by atoms with van der Waals surface area (Å²) in [5.74, 6) is 0. The number of anilines is 1. The fourth-order valence-corrected chi connectivity index (χ4v) is 5.57. The predicted octanol–water partition coefficient (Wildman–Crippen LogP) is 3.85. The van der Waals surface area contributed by atoms with E-state index in [0.717, 1.165) is 45.5 Å². The van der Waals surface area contributed by atoms with Crippen LogP contribution in [0.15, 0.2) is 46.6 Å². The molecular formula is C23H24N6O2S2. The second-order valence-electron chi connectivity index (χ2n) is 8.11. The lowest BCUT2D eigenvalue weighted by atomic mass is 10.1. The molecule has 0 spiro atoms. The van der Waals surface area contributed by atoms with Gasteiger partial charge in [0.25, 0.3) is 5.56 Å². The van der Waals surface area contributed by atoms with Crippen molar-refractivity contribution in [3.8, 4) is 9.88 Å². The number of urea groups is 1. The minimum atomic E-state index is -0.166. The minimum Gasteiger partial charge on any atom is -0.322 e. The van der Waals surface area contributed by atoms with Gasteiger partial charge in [-0.15, -0.1) is 11.3 Å². The van der Waals surface area contributed by atoms with Gasteiger partial charge in [0.15, 0.2) is 5.01 Å². The lowest BCUT2D eigenvalue weighted by molar-refractivity contribution is 0.142. The highest BCUT2D eigenvalue weighted by molar-refractivity contribution is 7.23. The van der Waals surface area contributed by atoms with Crippen molar-refractivity contribution in [1.29, 1.82) is 0 Å². The molecule has 0 atom stereocenters. The Morgan fingerprint density at radius 3 is 2.70 bits per heavy atom. The van der Waals surface area contributed by atoms with Gasteiger partial charge in [-0.05, 0) is 42.5 Å². The third-order valence-electron chi connectivity index (χ3n) is 5.92. The number of benzene rings is 1. The Morgan fingerprint density at radius 1 is 1.12 bits per heavy atom. The molecular weight excluding hydrogens is 456 g/mol. The van der Waals surface area contributed by atoms with Crippen molar-refractivity contribution in [2.24, 2.45) is 0 Å². The number of hydrogen-bond donors (Lipinski definition) is 1. The van der Waals surface area contributed by atoms with Crippen molar-refractivity contribution in [3.05, 3.63) is 69.0 Å². The van der Waals surface area contributed by atoms with Gasteiger partial charge in [-0.25, -0.2) is 9.78 Å². The van der Waals surface area contributed by atoms with Gasteiger partial charge < -0.3 is 10.2 Å². The summed E-state index contributed by atoms with van der Waals surface area (Å²) >= 11 is 3.02. The van der Waals surface area contributed by atoms with Crippen molar-refractivity contribution in [3.63, 3.8) is 0 Å². The van der Waals surface area contributed by atoms with E-state index < -0.39 is 0 Å². The predicted molar refractivity (Wildman–Crippen MR) is 132 cm³/mol. The summed E-state index contributed by atoms with van der Waals surface area (Å²) in [4.78, 5) is 35.7. The van der Waals surface area contributed by atoms with Crippen molar-refractivity contribution in [1.82, 2.24) is 24.4 Å². The molecule has 4 heterocycles. The molecule has 0 saturated carbocycles. The zero-order valence-electron chi connectivity index (χ0n) is 18.4. The van der Waals surface area contributed by atoms with E-state index in [1.807, 2.05) is 54.5 Å². The normalized spacial score (nSPS) is 14.7. The van der Waals surface area contributed by atoms with E-state index in [9.17, 15) is 9.59 Å². The van der Waals surface area contributed by atoms with Crippen LogP contribution in [0, 0.1) is 13.8 Å². The Morgan fingerprint density at radius 2 is 1.94 bits per heavy atom. The largest absolute Gasteiger partial charge is 0.322 e. The maximum atomic E-state index is 12.7. The smallest absolute Gasteiger partial charge is 0.321 e. The van der Waals surface area contributed by atoms with Crippen LogP contribution in [0.5, 0.6) is 0 Å². The fourth-order valence-electron chi connectivity index (χ4n) is 3.86. The van der Waals surface area contributed by atoms with Crippen LogP contribution < -0.4 is 10.9 Å². The van der Waals surface area contributed by atoms with Gasteiger partial charge in [-0.1, -0.05) is 29.5 Å². The lowest BCUT2D eigenvalue weighted by Gasteiger charge is -2.34. The van der Waals surface area contributed by atoms with Gasteiger partial charge in [0.1, 0.15) is 0 Å². The number of carbonyl (C=O) groups is 1. The Labute approximate surface area is 199 Å². The standard InChI is InChI=1S/C23H24N6O2S2/c1-15-5-3-6-18(16(15)2)25-22(31)28-10-8-27(9-11-28)14-17-13-20(30)29-23(24-17)33-21(26-29)19-7-4-12-32-19/h3-7,12-13H,8-11,14H2,1-2H3,(H,25,31). The minimum absolute atomic E-state index is 0.0769. The summed E-state index contributed by atoms with van der Waals surface area (Å²) in [6, 6.07) is 11.4. The summed E-state index contributed by atoms with van der Waals surface area (Å²) in [5, 5.41) is 10.3. The molecule has 5 rings (SSSR count). The molecule has 1 aromatic carbocycles. The Hall–Kier alpha value is -3.08. The second kappa shape index (κ2) is 9.05. The lowest BCUT2D eigenvalue weighted by Crippen LogP contribution is -2.49. The number of amides is 2. The average molecular weight is 481 g/mol. The van der Waals surface area contributed by atoms with Crippen molar-refractivity contribution in [2.45, 2.75) is 20.4 Å². The summed E-state index contributed by atoms with van der Waals surface area (Å²) in [7, 11) is 0. The zero-order chi connectivity index (χ0) is 22.9. The molecule has 1 saturated heterocycles. The van der Waals surface area contributed by atoms with E-state index in [2.05, 4.69) is 20.3 Å². The molecule has 8 nitrogen and oxygen atoms in total. The van der Waals surface area contributed by atoms with Crippen LogP contribution in [0.4, 0.5) is 10.5 Å². The van der Waals surface area contributed by atoms with Gasteiger partial charge in [0, 0.05) is 44.5 Å². The fraction of sp³-hybridized carbons (Fsp3) is 0.304.